The zero-order chi connectivity index (χ0) is 17.5. The first-order valence-corrected chi connectivity index (χ1v) is 9.94. The Hall–Kier alpha value is -1.78. The molecule has 134 valence electrons. The summed E-state index contributed by atoms with van der Waals surface area (Å²) in [5.41, 5.74) is 0. The van der Waals surface area contributed by atoms with Crippen molar-refractivity contribution >= 4 is 40.0 Å². The Morgan fingerprint density at radius 2 is 2.20 bits per heavy atom. The Balaban J connectivity index is 1.51. The Bertz CT molecular complexity index is 705. The number of ether oxygens (including phenoxy) is 1. The lowest BCUT2D eigenvalue weighted by atomic mass is 10.4. The summed E-state index contributed by atoms with van der Waals surface area (Å²) in [6.07, 6.45) is 3.43. The van der Waals surface area contributed by atoms with Gasteiger partial charge in [-0.25, -0.2) is 9.97 Å². The molecule has 1 amide bonds. The maximum atomic E-state index is 12.1. The SMILES string of the molecule is CCCc1nnc(NC(=O)CSc2cc(N3CCOCC3)ncn2)s1. The number of carbonyl (C=O) groups is 1. The van der Waals surface area contributed by atoms with Crippen molar-refractivity contribution in [3.8, 4) is 0 Å². The highest BCUT2D eigenvalue weighted by Gasteiger charge is 2.14. The lowest BCUT2D eigenvalue weighted by molar-refractivity contribution is -0.113. The molecule has 0 unspecified atom stereocenters. The second-order valence-electron chi connectivity index (χ2n) is 5.40. The van der Waals surface area contributed by atoms with Crippen LogP contribution in [0.5, 0.6) is 0 Å². The number of aromatic nitrogens is 4. The van der Waals surface area contributed by atoms with Crippen LogP contribution < -0.4 is 10.2 Å². The Morgan fingerprint density at radius 3 is 3.00 bits per heavy atom. The number of aryl methyl sites for hydroxylation is 1. The molecule has 1 fully saturated rings. The molecule has 0 bridgehead atoms. The van der Waals surface area contributed by atoms with E-state index in [0.29, 0.717) is 18.3 Å². The first kappa shape index (κ1) is 18.0. The van der Waals surface area contributed by atoms with Crippen LogP contribution in [0.4, 0.5) is 10.9 Å². The van der Waals surface area contributed by atoms with Gasteiger partial charge in [-0.05, 0) is 6.42 Å². The van der Waals surface area contributed by atoms with Gasteiger partial charge in [0.2, 0.25) is 11.0 Å². The number of nitrogens with one attached hydrogen (secondary N) is 1. The normalized spacial score (nSPS) is 14.5. The van der Waals surface area contributed by atoms with Crippen molar-refractivity contribution in [2.75, 3.05) is 42.3 Å². The number of hydrogen-bond donors (Lipinski definition) is 1. The van der Waals surface area contributed by atoms with E-state index in [4.69, 9.17) is 4.74 Å². The van der Waals surface area contributed by atoms with Crippen molar-refractivity contribution in [3.05, 3.63) is 17.4 Å². The van der Waals surface area contributed by atoms with Crippen LogP contribution >= 0.6 is 23.1 Å². The molecule has 2 aromatic heterocycles. The topological polar surface area (TPSA) is 93.1 Å². The summed E-state index contributed by atoms with van der Waals surface area (Å²) < 4.78 is 5.35. The van der Waals surface area contributed by atoms with Crippen molar-refractivity contribution in [2.45, 2.75) is 24.8 Å². The van der Waals surface area contributed by atoms with E-state index in [-0.39, 0.29) is 11.7 Å². The highest BCUT2D eigenvalue weighted by atomic mass is 32.2. The summed E-state index contributed by atoms with van der Waals surface area (Å²) in [6, 6.07) is 1.91. The van der Waals surface area contributed by atoms with E-state index >= 15 is 0 Å². The average Bonchev–Trinajstić information content (AvgIpc) is 3.08. The first-order valence-electron chi connectivity index (χ1n) is 8.14. The maximum Gasteiger partial charge on any atom is 0.236 e. The van der Waals surface area contributed by atoms with Gasteiger partial charge in [0, 0.05) is 25.6 Å². The number of thioether (sulfide) groups is 1. The molecule has 1 aliphatic heterocycles. The third-order valence-corrected chi connectivity index (χ3v) is 5.31. The predicted molar refractivity (Wildman–Crippen MR) is 98.3 cm³/mol. The second kappa shape index (κ2) is 9.07. The zero-order valence-corrected chi connectivity index (χ0v) is 15.6. The molecule has 3 heterocycles. The minimum Gasteiger partial charge on any atom is -0.378 e. The van der Waals surface area contributed by atoms with E-state index in [1.165, 1.54) is 29.4 Å². The average molecular weight is 380 g/mol. The molecule has 25 heavy (non-hydrogen) atoms. The van der Waals surface area contributed by atoms with Gasteiger partial charge in [0.1, 0.15) is 22.2 Å². The molecule has 0 aromatic carbocycles. The summed E-state index contributed by atoms with van der Waals surface area (Å²) in [7, 11) is 0. The summed E-state index contributed by atoms with van der Waals surface area (Å²) in [6.45, 7) is 5.13. The van der Waals surface area contributed by atoms with E-state index in [9.17, 15) is 4.79 Å². The number of rotatable bonds is 7. The van der Waals surface area contributed by atoms with Gasteiger partial charge in [0.25, 0.3) is 0 Å². The van der Waals surface area contributed by atoms with E-state index in [1.54, 1.807) is 0 Å². The highest BCUT2D eigenvalue weighted by Crippen LogP contribution is 2.21. The third-order valence-electron chi connectivity index (χ3n) is 3.49. The molecule has 10 heteroatoms. The Morgan fingerprint density at radius 1 is 1.36 bits per heavy atom. The molecule has 0 saturated carbocycles. The van der Waals surface area contributed by atoms with Crippen LogP contribution in [0.2, 0.25) is 0 Å². The Kier molecular flexibility index (Phi) is 6.54. The summed E-state index contributed by atoms with van der Waals surface area (Å²) in [4.78, 5) is 22.8. The minimum absolute atomic E-state index is 0.115. The Labute approximate surface area is 154 Å². The fourth-order valence-corrected chi connectivity index (χ4v) is 3.81. The zero-order valence-electron chi connectivity index (χ0n) is 14.0. The van der Waals surface area contributed by atoms with Gasteiger partial charge in [0.05, 0.1) is 19.0 Å². The standard InChI is InChI=1S/C15H20N6O2S2/c1-2-3-13-19-20-15(25-13)18-12(22)9-24-14-8-11(16-10-17-14)21-4-6-23-7-5-21/h8,10H,2-7,9H2,1H3,(H,18,20,22). The molecule has 0 spiro atoms. The smallest absolute Gasteiger partial charge is 0.236 e. The molecule has 2 aromatic rings. The van der Waals surface area contributed by atoms with Gasteiger partial charge in [-0.2, -0.15) is 0 Å². The number of anilines is 2. The van der Waals surface area contributed by atoms with Crippen molar-refractivity contribution < 1.29 is 9.53 Å². The van der Waals surface area contributed by atoms with Gasteiger partial charge in [-0.15, -0.1) is 10.2 Å². The fourth-order valence-electron chi connectivity index (χ4n) is 2.29. The number of nitrogens with zero attached hydrogens (tertiary/aromatic N) is 5. The van der Waals surface area contributed by atoms with E-state index in [0.717, 1.165) is 41.8 Å². The lowest BCUT2D eigenvalue weighted by Crippen LogP contribution is -2.36. The number of carbonyl (C=O) groups excluding carboxylic acids is 1. The van der Waals surface area contributed by atoms with Crippen LogP contribution in [0.25, 0.3) is 0 Å². The second-order valence-corrected chi connectivity index (χ2v) is 7.46. The molecule has 0 atom stereocenters. The van der Waals surface area contributed by atoms with E-state index < -0.39 is 0 Å². The molecule has 1 N–H and O–H groups in total. The van der Waals surface area contributed by atoms with Gasteiger partial charge in [-0.1, -0.05) is 30.0 Å². The van der Waals surface area contributed by atoms with Crippen LogP contribution in [0.15, 0.2) is 17.4 Å². The van der Waals surface area contributed by atoms with E-state index in [1.807, 2.05) is 6.07 Å². The molecular formula is C15H20N6O2S2. The summed E-state index contributed by atoms with van der Waals surface area (Å²) in [5.74, 6) is 1.02. The molecule has 1 saturated heterocycles. The fraction of sp³-hybridized carbons (Fsp3) is 0.533. The van der Waals surface area contributed by atoms with E-state index in [2.05, 4.69) is 37.3 Å². The molecule has 0 aliphatic carbocycles. The van der Waals surface area contributed by atoms with Gasteiger partial charge in [-0.3, -0.25) is 10.1 Å². The maximum absolute atomic E-state index is 12.1. The molecule has 3 rings (SSSR count). The van der Waals surface area contributed by atoms with Crippen molar-refractivity contribution in [1.29, 1.82) is 0 Å². The largest absolute Gasteiger partial charge is 0.378 e. The quantitative estimate of drug-likeness (QED) is 0.575. The van der Waals surface area contributed by atoms with Crippen LogP contribution in [0, 0.1) is 0 Å². The van der Waals surface area contributed by atoms with Gasteiger partial charge in [0.15, 0.2) is 0 Å². The van der Waals surface area contributed by atoms with Crippen LogP contribution in [-0.2, 0) is 16.0 Å². The predicted octanol–water partition coefficient (Wildman–Crippen LogP) is 1.85. The van der Waals surface area contributed by atoms with Gasteiger partial charge >= 0.3 is 0 Å². The first-order chi connectivity index (χ1) is 12.2. The molecular weight excluding hydrogens is 360 g/mol. The van der Waals surface area contributed by atoms with Crippen molar-refractivity contribution in [3.63, 3.8) is 0 Å². The highest BCUT2D eigenvalue weighted by molar-refractivity contribution is 7.99. The van der Waals surface area contributed by atoms with Crippen LogP contribution in [0.1, 0.15) is 18.4 Å². The van der Waals surface area contributed by atoms with Gasteiger partial charge < -0.3 is 9.64 Å². The van der Waals surface area contributed by atoms with Crippen molar-refractivity contribution in [1.82, 2.24) is 20.2 Å². The van der Waals surface area contributed by atoms with Crippen LogP contribution in [-0.4, -0.2) is 58.1 Å². The molecule has 0 radical (unpaired) electrons. The number of morpholine rings is 1. The molecule has 1 aliphatic rings. The summed E-state index contributed by atoms with van der Waals surface area (Å²) in [5, 5.41) is 13.1. The number of hydrogen-bond acceptors (Lipinski definition) is 9. The summed E-state index contributed by atoms with van der Waals surface area (Å²) >= 11 is 2.80. The monoisotopic (exact) mass is 380 g/mol. The van der Waals surface area contributed by atoms with Crippen molar-refractivity contribution in [2.24, 2.45) is 0 Å². The third kappa shape index (κ3) is 5.35. The van der Waals surface area contributed by atoms with Crippen LogP contribution in [0.3, 0.4) is 0 Å². The lowest BCUT2D eigenvalue weighted by Gasteiger charge is -2.27. The minimum atomic E-state index is -0.115. The number of amides is 1. The molecule has 8 nitrogen and oxygen atoms in total.